The molecule has 5 heteroatoms. The summed E-state index contributed by atoms with van der Waals surface area (Å²) in [5.41, 5.74) is 6.07. The molecule has 0 heterocycles. The highest BCUT2D eigenvalue weighted by atomic mass is 16.4. The third-order valence-electron chi connectivity index (χ3n) is 5.81. The molecule has 1 amide bonds. The first kappa shape index (κ1) is 14.8. The second-order valence-electron chi connectivity index (χ2n) is 7.67. The van der Waals surface area contributed by atoms with Gasteiger partial charge in [0.2, 0.25) is 5.91 Å². The van der Waals surface area contributed by atoms with E-state index in [0.29, 0.717) is 5.41 Å². The van der Waals surface area contributed by atoms with Crippen LogP contribution in [0, 0.1) is 23.2 Å². The van der Waals surface area contributed by atoms with E-state index in [9.17, 15) is 9.59 Å². The molecule has 21 heavy (non-hydrogen) atoms. The molecule has 118 valence electrons. The molecule has 4 fully saturated rings. The summed E-state index contributed by atoms with van der Waals surface area (Å²) < 4.78 is 0. The molecule has 0 spiro atoms. The van der Waals surface area contributed by atoms with Gasteiger partial charge < -0.3 is 16.2 Å². The molecular weight excluding hydrogens is 268 g/mol. The number of nitrogens with two attached hydrogens (primary N) is 1. The van der Waals surface area contributed by atoms with E-state index in [1.165, 1.54) is 38.5 Å². The van der Waals surface area contributed by atoms with Crippen molar-refractivity contribution < 1.29 is 14.7 Å². The van der Waals surface area contributed by atoms with E-state index in [-0.39, 0.29) is 18.7 Å². The second kappa shape index (κ2) is 5.59. The first-order valence-corrected chi connectivity index (χ1v) is 8.21. The van der Waals surface area contributed by atoms with Crippen LogP contribution in [0.4, 0.5) is 0 Å². The molecule has 1 atom stereocenters. The fourth-order valence-electron chi connectivity index (χ4n) is 5.32. The van der Waals surface area contributed by atoms with Gasteiger partial charge in [0.25, 0.3) is 0 Å². The fourth-order valence-corrected chi connectivity index (χ4v) is 5.32. The van der Waals surface area contributed by atoms with Crippen molar-refractivity contribution in [3.8, 4) is 0 Å². The summed E-state index contributed by atoms with van der Waals surface area (Å²) in [7, 11) is 0. The molecule has 4 aliphatic carbocycles. The van der Waals surface area contributed by atoms with E-state index in [1.54, 1.807) is 0 Å². The minimum atomic E-state index is -0.903. The van der Waals surface area contributed by atoms with Crippen molar-refractivity contribution in [2.45, 2.75) is 57.4 Å². The van der Waals surface area contributed by atoms with Crippen LogP contribution in [-0.2, 0) is 9.59 Å². The van der Waals surface area contributed by atoms with Crippen LogP contribution in [0.5, 0.6) is 0 Å². The van der Waals surface area contributed by atoms with Gasteiger partial charge in [-0.15, -0.1) is 0 Å². The van der Waals surface area contributed by atoms with E-state index in [0.717, 1.165) is 24.3 Å². The number of hydrogen-bond acceptors (Lipinski definition) is 3. The lowest BCUT2D eigenvalue weighted by atomic mass is 9.49. The van der Waals surface area contributed by atoms with Gasteiger partial charge in [0.15, 0.2) is 0 Å². The summed E-state index contributed by atoms with van der Waals surface area (Å²) in [5, 5.41) is 11.6. The molecule has 0 aromatic heterocycles. The molecule has 0 aromatic rings. The van der Waals surface area contributed by atoms with E-state index in [4.69, 9.17) is 10.8 Å². The van der Waals surface area contributed by atoms with Gasteiger partial charge in [-0.05, 0) is 68.1 Å². The molecule has 5 nitrogen and oxygen atoms in total. The number of carbonyl (C=O) groups excluding carboxylic acids is 1. The van der Waals surface area contributed by atoms with Crippen LogP contribution in [-0.4, -0.2) is 29.6 Å². The molecule has 4 aliphatic rings. The molecule has 4 saturated carbocycles. The topological polar surface area (TPSA) is 92.4 Å². The highest BCUT2D eigenvalue weighted by Crippen LogP contribution is 2.59. The predicted octanol–water partition coefficient (Wildman–Crippen LogP) is 1.51. The average molecular weight is 294 g/mol. The predicted molar refractivity (Wildman–Crippen MR) is 78.5 cm³/mol. The van der Waals surface area contributed by atoms with E-state index in [2.05, 4.69) is 5.32 Å². The third-order valence-corrected chi connectivity index (χ3v) is 5.81. The number of amides is 1. The van der Waals surface area contributed by atoms with Gasteiger partial charge in [-0.2, -0.15) is 0 Å². The Bertz CT molecular complexity index is 400. The van der Waals surface area contributed by atoms with Crippen molar-refractivity contribution in [2.75, 3.05) is 6.54 Å². The van der Waals surface area contributed by atoms with Gasteiger partial charge >= 0.3 is 5.97 Å². The molecule has 4 N–H and O–H groups in total. The highest BCUT2D eigenvalue weighted by molar-refractivity contribution is 5.82. The molecular formula is C16H26N2O3. The monoisotopic (exact) mass is 294 g/mol. The number of rotatable bonds is 6. The normalized spacial score (nSPS) is 38.2. The maximum atomic E-state index is 12.0. The van der Waals surface area contributed by atoms with Crippen LogP contribution in [0.1, 0.15) is 51.4 Å². The first-order valence-electron chi connectivity index (χ1n) is 8.21. The molecule has 4 rings (SSSR count). The van der Waals surface area contributed by atoms with Crippen molar-refractivity contribution in [3.05, 3.63) is 0 Å². The Morgan fingerprint density at radius 2 is 1.67 bits per heavy atom. The number of nitrogens with one attached hydrogen (secondary N) is 1. The summed E-state index contributed by atoms with van der Waals surface area (Å²) >= 11 is 0. The van der Waals surface area contributed by atoms with Gasteiger partial charge in [-0.25, -0.2) is 0 Å². The minimum absolute atomic E-state index is 0.0497. The lowest BCUT2D eigenvalue weighted by Crippen LogP contribution is -2.53. The van der Waals surface area contributed by atoms with E-state index >= 15 is 0 Å². The van der Waals surface area contributed by atoms with Gasteiger partial charge in [0.1, 0.15) is 0 Å². The quantitative estimate of drug-likeness (QED) is 0.692. The summed E-state index contributed by atoms with van der Waals surface area (Å²) in [6.07, 6.45) is 8.10. The molecule has 0 aliphatic heterocycles. The Labute approximate surface area is 125 Å². The maximum Gasteiger partial charge on any atom is 0.303 e. The molecule has 0 saturated heterocycles. The standard InChI is InChI=1S/C16H26N2O3/c17-13(1-2-14(19)20)15(21)18-9-16-6-10-3-11(7-16)5-12(4-10)8-16/h10-13H,1-9,17H2,(H,18,21)(H,19,20). The highest BCUT2D eigenvalue weighted by Gasteiger charge is 2.50. The SMILES string of the molecule is NC(CCC(=O)O)C(=O)NCC12CC3CC(CC(C3)C1)C2. The minimum Gasteiger partial charge on any atom is -0.481 e. The van der Waals surface area contributed by atoms with E-state index in [1.807, 2.05) is 0 Å². The zero-order valence-electron chi connectivity index (χ0n) is 12.5. The van der Waals surface area contributed by atoms with Gasteiger partial charge in [0.05, 0.1) is 6.04 Å². The molecule has 0 radical (unpaired) electrons. The number of carbonyl (C=O) groups is 2. The lowest BCUT2D eigenvalue weighted by Gasteiger charge is -2.57. The molecule has 0 aromatic carbocycles. The fraction of sp³-hybridized carbons (Fsp3) is 0.875. The largest absolute Gasteiger partial charge is 0.481 e. The van der Waals surface area contributed by atoms with Crippen LogP contribution in [0.25, 0.3) is 0 Å². The Morgan fingerprint density at radius 3 is 2.14 bits per heavy atom. The number of carboxylic acids is 1. The number of hydrogen-bond donors (Lipinski definition) is 3. The number of carboxylic acid groups (broad SMARTS) is 1. The Hall–Kier alpha value is -1.10. The van der Waals surface area contributed by atoms with Crippen LogP contribution in [0.2, 0.25) is 0 Å². The zero-order valence-corrected chi connectivity index (χ0v) is 12.5. The van der Waals surface area contributed by atoms with Crippen molar-refractivity contribution in [1.29, 1.82) is 0 Å². The number of aliphatic carboxylic acids is 1. The maximum absolute atomic E-state index is 12.0. The van der Waals surface area contributed by atoms with Crippen molar-refractivity contribution in [2.24, 2.45) is 28.9 Å². The molecule has 4 bridgehead atoms. The first-order chi connectivity index (χ1) is 9.96. The Balaban J connectivity index is 1.50. The summed E-state index contributed by atoms with van der Waals surface area (Å²) in [4.78, 5) is 22.5. The zero-order chi connectivity index (χ0) is 15.0. The second-order valence-corrected chi connectivity index (χ2v) is 7.67. The summed E-state index contributed by atoms with van der Waals surface area (Å²) in [6, 6.07) is -0.699. The van der Waals surface area contributed by atoms with Crippen molar-refractivity contribution in [1.82, 2.24) is 5.32 Å². The van der Waals surface area contributed by atoms with Crippen LogP contribution in [0.3, 0.4) is 0 Å². The lowest BCUT2D eigenvalue weighted by molar-refractivity contribution is -0.137. The van der Waals surface area contributed by atoms with Crippen molar-refractivity contribution in [3.63, 3.8) is 0 Å². The smallest absolute Gasteiger partial charge is 0.303 e. The van der Waals surface area contributed by atoms with E-state index < -0.39 is 12.0 Å². The van der Waals surface area contributed by atoms with Crippen molar-refractivity contribution >= 4 is 11.9 Å². The Kier molecular flexibility index (Phi) is 3.95. The third kappa shape index (κ3) is 3.23. The van der Waals surface area contributed by atoms with Gasteiger partial charge in [-0.3, -0.25) is 9.59 Å². The average Bonchev–Trinajstić information content (AvgIpc) is 2.40. The Morgan fingerprint density at radius 1 is 1.14 bits per heavy atom. The van der Waals surface area contributed by atoms with Crippen LogP contribution in [0.15, 0.2) is 0 Å². The molecule has 1 unspecified atom stereocenters. The summed E-state index contributed by atoms with van der Waals surface area (Å²) in [6.45, 7) is 0.732. The van der Waals surface area contributed by atoms with Gasteiger partial charge in [-0.1, -0.05) is 0 Å². The van der Waals surface area contributed by atoms with Crippen LogP contribution < -0.4 is 11.1 Å². The van der Waals surface area contributed by atoms with Crippen LogP contribution >= 0.6 is 0 Å². The summed E-state index contributed by atoms with van der Waals surface area (Å²) in [5.74, 6) is 1.52. The van der Waals surface area contributed by atoms with Gasteiger partial charge in [0, 0.05) is 13.0 Å².